The molecule has 1 atom stereocenters. The molecule has 0 aliphatic carbocycles. The van der Waals surface area contributed by atoms with E-state index in [2.05, 4.69) is 10.4 Å². The second-order valence-electron chi connectivity index (χ2n) is 3.86. The van der Waals surface area contributed by atoms with Gasteiger partial charge in [0.05, 0.1) is 18.4 Å². The van der Waals surface area contributed by atoms with Crippen molar-refractivity contribution >= 4 is 5.97 Å². The minimum atomic E-state index is -0.923. The van der Waals surface area contributed by atoms with Crippen LogP contribution < -0.4 is 10.1 Å². The van der Waals surface area contributed by atoms with Gasteiger partial charge >= 0.3 is 5.97 Å². The van der Waals surface area contributed by atoms with Crippen molar-refractivity contribution in [3.05, 3.63) is 11.3 Å². The Morgan fingerprint density at radius 3 is 2.76 bits per heavy atom. The van der Waals surface area contributed by atoms with Crippen molar-refractivity contribution < 1.29 is 14.6 Å². The number of nitrogens with zero attached hydrogens (tertiary/aromatic N) is 2. The predicted octanol–water partition coefficient (Wildman–Crippen LogP) is 0.862. The number of hydrogen-bond donors (Lipinski definition) is 2. The zero-order valence-electron chi connectivity index (χ0n) is 10.6. The van der Waals surface area contributed by atoms with E-state index in [0.29, 0.717) is 23.7 Å². The largest absolute Gasteiger partial charge is 0.481 e. The fourth-order valence-corrected chi connectivity index (χ4v) is 1.83. The van der Waals surface area contributed by atoms with Gasteiger partial charge < -0.3 is 15.2 Å². The molecule has 1 rings (SSSR count). The fourth-order valence-electron chi connectivity index (χ4n) is 1.83. The van der Waals surface area contributed by atoms with Crippen LogP contribution in [0.4, 0.5) is 0 Å². The average molecular weight is 241 g/mol. The molecule has 96 valence electrons. The fraction of sp³-hybridized carbons (Fsp3) is 0.636. The van der Waals surface area contributed by atoms with Gasteiger partial charge in [0.15, 0.2) is 0 Å². The lowest BCUT2D eigenvalue weighted by molar-refractivity contribution is -0.139. The minimum absolute atomic E-state index is 0.485. The quantitative estimate of drug-likeness (QED) is 0.772. The number of carbonyl (C=O) groups is 1. The van der Waals surface area contributed by atoms with Gasteiger partial charge in [0.25, 0.3) is 0 Å². The van der Waals surface area contributed by atoms with Gasteiger partial charge in [0.2, 0.25) is 5.88 Å². The molecule has 1 heterocycles. The lowest BCUT2D eigenvalue weighted by Gasteiger charge is -2.15. The van der Waals surface area contributed by atoms with Gasteiger partial charge in [0.1, 0.15) is 6.04 Å². The van der Waals surface area contributed by atoms with Gasteiger partial charge in [-0.05, 0) is 19.9 Å². The summed E-state index contributed by atoms with van der Waals surface area (Å²) >= 11 is 0. The molecule has 0 aliphatic rings. The summed E-state index contributed by atoms with van der Waals surface area (Å²) < 4.78 is 6.76. The molecule has 0 fully saturated rings. The van der Waals surface area contributed by atoms with E-state index in [0.717, 1.165) is 6.42 Å². The van der Waals surface area contributed by atoms with Crippen LogP contribution in [0.25, 0.3) is 0 Å². The zero-order chi connectivity index (χ0) is 13.0. The number of aliphatic carboxylic acids is 1. The normalized spacial score (nSPS) is 12.5. The van der Waals surface area contributed by atoms with Crippen LogP contribution in [0.3, 0.4) is 0 Å². The molecule has 0 saturated carbocycles. The average Bonchev–Trinajstić information content (AvgIpc) is 2.54. The summed E-state index contributed by atoms with van der Waals surface area (Å²) in [5, 5.41) is 16.4. The Labute approximate surface area is 101 Å². The van der Waals surface area contributed by atoms with Crippen LogP contribution in [0.5, 0.6) is 5.88 Å². The van der Waals surface area contributed by atoms with E-state index in [1.165, 1.54) is 7.11 Å². The summed E-state index contributed by atoms with van der Waals surface area (Å²) in [6.07, 6.45) is 0.866. The Kier molecular flexibility index (Phi) is 4.51. The summed E-state index contributed by atoms with van der Waals surface area (Å²) in [7, 11) is 3.24. The molecule has 6 nitrogen and oxygen atoms in total. The van der Waals surface area contributed by atoms with Crippen LogP contribution in [0.2, 0.25) is 0 Å². The third-order valence-corrected chi connectivity index (χ3v) is 2.54. The highest BCUT2D eigenvalue weighted by molar-refractivity contribution is 5.77. The zero-order valence-corrected chi connectivity index (χ0v) is 10.6. The monoisotopic (exact) mass is 241 g/mol. The van der Waals surface area contributed by atoms with Crippen LogP contribution >= 0.6 is 0 Å². The first-order valence-electron chi connectivity index (χ1n) is 5.56. The van der Waals surface area contributed by atoms with Gasteiger partial charge in [-0.1, -0.05) is 6.92 Å². The molecule has 1 unspecified atom stereocenters. The Bertz CT molecular complexity index is 401. The molecule has 0 radical (unpaired) electrons. The van der Waals surface area contributed by atoms with Gasteiger partial charge in [-0.25, -0.2) is 4.68 Å². The van der Waals surface area contributed by atoms with Crippen molar-refractivity contribution in [1.82, 2.24) is 15.1 Å². The third-order valence-electron chi connectivity index (χ3n) is 2.54. The number of carboxylic acids is 1. The molecule has 0 amide bonds. The van der Waals surface area contributed by atoms with Gasteiger partial charge in [0, 0.05) is 7.05 Å². The van der Waals surface area contributed by atoms with Crippen molar-refractivity contribution in [2.24, 2.45) is 7.05 Å². The number of aryl methyl sites for hydroxylation is 2. The standard InChI is InChI=1S/C11H19N3O3/c1-5-6-12-9(11(15)16)8-7(2)13-14(3)10(8)17-4/h9,12H,5-6H2,1-4H3,(H,15,16). The van der Waals surface area contributed by atoms with E-state index < -0.39 is 12.0 Å². The number of ether oxygens (including phenoxy) is 1. The van der Waals surface area contributed by atoms with Crippen LogP contribution in [0.1, 0.15) is 30.6 Å². The van der Waals surface area contributed by atoms with Gasteiger partial charge in [-0.3, -0.25) is 4.79 Å². The molecule has 0 spiro atoms. The third kappa shape index (κ3) is 2.76. The Balaban J connectivity index is 3.12. The number of methoxy groups -OCH3 is 1. The molecule has 2 N–H and O–H groups in total. The van der Waals surface area contributed by atoms with Crippen LogP contribution in [-0.4, -0.2) is 34.5 Å². The minimum Gasteiger partial charge on any atom is -0.481 e. The molecule has 0 aliphatic heterocycles. The first kappa shape index (κ1) is 13.5. The van der Waals surface area contributed by atoms with E-state index in [-0.39, 0.29) is 0 Å². The topological polar surface area (TPSA) is 76.4 Å². The lowest BCUT2D eigenvalue weighted by atomic mass is 10.1. The summed E-state index contributed by atoms with van der Waals surface area (Å²) in [6, 6.07) is -0.779. The first-order chi connectivity index (χ1) is 8.02. The van der Waals surface area contributed by atoms with Crippen LogP contribution in [0.15, 0.2) is 0 Å². The number of nitrogens with one attached hydrogen (secondary N) is 1. The molecule has 1 aromatic heterocycles. The number of hydrogen-bond acceptors (Lipinski definition) is 4. The molecule has 0 aromatic carbocycles. The predicted molar refractivity (Wildman–Crippen MR) is 63.2 cm³/mol. The molecular weight excluding hydrogens is 222 g/mol. The second-order valence-corrected chi connectivity index (χ2v) is 3.86. The number of aromatic nitrogens is 2. The van der Waals surface area contributed by atoms with E-state index in [1.807, 2.05) is 6.92 Å². The van der Waals surface area contributed by atoms with Crippen molar-refractivity contribution in [3.8, 4) is 5.88 Å². The molecular formula is C11H19N3O3. The van der Waals surface area contributed by atoms with Gasteiger partial charge in [-0.15, -0.1) is 0 Å². The molecule has 6 heteroatoms. The summed E-state index contributed by atoms with van der Waals surface area (Å²) in [5.74, 6) is -0.439. The SMILES string of the molecule is CCCNC(C(=O)O)c1c(C)nn(C)c1OC. The molecule has 0 saturated heterocycles. The van der Waals surface area contributed by atoms with Crippen LogP contribution in [0, 0.1) is 6.92 Å². The smallest absolute Gasteiger partial charge is 0.325 e. The second kappa shape index (κ2) is 5.67. The molecule has 0 bridgehead atoms. The lowest BCUT2D eigenvalue weighted by Crippen LogP contribution is -2.29. The van der Waals surface area contributed by atoms with E-state index >= 15 is 0 Å². The Hall–Kier alpha value is -1.56. The van der Waals surface area contributed by atoms with Crippen molar-refractivity contribution in [1.29, 1.82) is 0 Å². The van der Waals surface area contributed by atoms with E-state index in [1.54, 1.807) is 18.7 Å². The Morgan fingerprint density at radius 2 is 2.29 bits per heavy atom. The summed E-state index contributed by atoms with van der Waals surface area (Å²) in [6.45, 7) is 4.40. The van der Waals surface area contributed by atoms with E-state index in [4.69, 9.17) is 4.74 Å². The maximum absolute atomic E-state index is 11.3. The molecule has 17 heavy (non-hydrogen) atoms. The highest BCUT2D eigenvalue weighted by Crippen LogP contribution is 2.28. The maximum atomic E-state index is 11.3. The van der Waals surface area contributed by atoms with Crippen molar-refractivity contribution in [2.45, 2.75) is 26.3 Å². The summed E-state index contributed by atoms with van der Waals surface area (Å²) in [5.41, 5.74) is 1.26. The van der Waals surface area contributed by atoms with Crippen molar-refractivity contribution in [3.63, 3.8) is 0 Å². The Morgan fingerprint density at radius 1 is 1.65 bits per heavy atom. The molecule has 1 aromatic rings. The highest BCUT2D eigenvalue weighted by Gasteiger charge is 2.28. The van der Waals surface area contributed by atoms with Gasteiger partial charge in [-0.2, -0.15) is 5.10 Å². The first-order valence-corrected chi connectivity index (χ1v) is 5.56. The number of rotatable bonds is 6. The number of carboxylic acid groups (broad SMARTS) is 1. The van der Waals surface area contributed by atoms with E-state index in [9.17, 15) is 9.90 Å². The van der Waals surface area contributed by atoms with Crippen LogP contribution in [-0.2, 0) is 11.8 Å². The maximum Gasteiger partial charge on any atom is 0.325 e. The summed E-state index contributed by atoms with van der Waals surface area (Å²) in [4.78, 5) is 11.3. The highest BCUT2D eigenvalue weighted by atomic mass is 16.5. The van der Waals surface area contributed by atoms with Crippen molar-refractivity contribution in [2.75, 3.05) is 13.7 Å².